The van der Waals surface area contributed by atoms with Crippen molar-refractivity contribution < 1.29 is 18.2 Å². The zero-order valence-corrected chi connectivity index (χ0v) is 20.3. The zero-order chi connectivity index (χ0) is 24.8. The molecule has 0 aliphatic heterocycles. The van der Waals surface area contributed by atoms with E-state index in [1.807, 2.05) is 47.9 Å². The molecule has 35 heavy (non-hydrogen) atoms. The summed E-state index contributed by atoms with van der Waals surface area (Å²) in [6.45, 7) is 3.08. The molecule has 0 fully saturated rings. The number of methoxy groups -OCH3 is 1. The number of nitrogens with one attached hydrogen (secondary N) is 1. The third kappa shape index (κ3) is 5.60. The first-order valence-corrected chi connectivity index (χ1v) is 12.0. The normalized spacial score (nSPS) is 12.0. The van der Waals surface area contributed by atoms with Crippen LogP contribution in [0.3, 0.4) is 0 Å². The lowest BCUT2D eigenvalue weighted by Crippen LogP contribution is -2.30. The van der Waals surface area contributed by atoms with Gasteiger partial charge in [-0.15, -0.1) is 0 Å². The molecule has 0 aliphatic carbocycles. The van der Waals surface area contributed by atoms with E-state index in [2.05, 4.69) is 15.3 Å². The van der Waals surface area contributed by atoms with Crippen molar-refractivity contribution in [2.24, 2.45) is 5.73 Å². The lowest BCUT2D eigenvalue weighted by Gasteiger charge is -2.28. The molecule has 4 aromatic rings. The highest BCUT2D eigenvalue weighted by molar-refractivity contribution is 7.80. The molecular formula is C24H27N6O4S-. The molecule has 1 unspecified atom stereocenters. The van der Waals surface area contributed by atoms with Crippen molar-refractivity contribution in [1.29, 1.82) is 0 Å². The van der Waals surface area contributed by atoms with Gasteiger partial charge in [-0.1, -0.05) is 0 Å². The first-order chi connectivity index (χ1) is 17.0. The highest BCUT2D eigenvalue weighted by Gasteiger charge is 2.14. The van der Waals surface area contributed by atoms with Gasteiger partial charge < -0.3 is 29.4 Å². The first-order valence-electron chi connectivity index (χ1n) is 11.0. The van der Waals surface area contributed by atoms with E-state index in [-0.39, 0.29) is 13.2 Å². The molecule has 0 saturated carbocycles. The Labute approximate surface area is 206 Å². The zero-order valence-electron chi connectivity index (χ0n) is 19.5. The fourth-order valence-electron chi connectivity index (χ4n) is 3.74. The monoisotopic (exact) mass is 495 g/mol. The van der Waals surface area contributed by atoms with E-state index in [9.17, 15) is 8.76 Å². The second-order valence-electron chi connectivity index (χ2n) is 7.69. The van der Waals surface area contributed by atoms with Crippen LogP contribution in [0.4, 0.5) is 17.2 Å². The maximum absolute atomic E-state index is 11.8. The number of rotatable bonds is 11. The molecule has 10 nitrogen and oxygen atoms in total. The number of nitrogens with two attached hydrogens (primary N) is 1. The number of aryl methyl sites for hydroxylation is 1. The van der Waals surface area contributed by atoms with Gasteiger partial charge in [0.1, 0.15) is 5.75 Å². The predicted molar refractivity (Wildman–Crippen MR) is 136 cm³/mol. The number of anilines is 3. The van der Waals surface area contributed by atoms with Crippen molar-refractivity contribution >= 4 is 34.1 Å². The van der Waals surface area contributed by atoms with Crippen molar-refractivity contribution in [3.63, 3.8) is 0 Å². The van der Waals surface area contributed by atoms with Gasteiger partial charge in [0.25, 0.3) is 0 Å². The summed E-state index contributed by atoms with van der Waals surface area (Å²) in [7, 11) is 1.64. The maximum atomic E-state index is 11.8. The largest absolute Gasteiger partial charge is 0.755 e. The summed E-state index contributed by atoms with van der Waals surface area (Å²) in [5.74, 6) is 1.37. The Morgan fingerprint density at radius 2 is 1.97 bits per heavy atom. The highest BCUT2D eigenvalue weighted by Crippen LogP contribution is 2.29. The van der Waals surface area contributed by atoms with E-state index in [0.29, 0.717) is 30.3 Å². The Kier molecular flexibility index (Phi) is 7.93. The SMILES string of the molecule is COc1ccc(-c2cnc3c(Nc4ccc(N(CCOCCN)S(=O)[O-])c(C)c4)nccn23)cc1. The Bertz CT molecular complexity index is 1310. The summed E-state index contributed by atoms with van der Waals surface area (Å²) in [6, 6.07) is 13.2. The molecule has 1 atom stereocenters. The van der Waals surface area contributed by atoms with Crippen LogP contribution >= 0.6 is 0 Å². The fraction of sp³-hybridized carbons (Fsp3) is 0.250. The molecular weight excluding hydrogens is 468 g/mol. The number of ether oxygens (including phenoxy) is 2. The van der Waals surface area contributed by atoms with Gasteiger partial charge in [0, 0.05) is 41.5 Å². The van der Waals surface area contributed by atoms with Gasteiger partial charge in [-0.05, 0) is 55.0 Å². The van der Waals surface area contributed by atoms with E-state index in [4.69, 9.17) is 15.2 Å². The average molecular weight is 496 g/mol. The number of imidazole rings is 1. The van der Waals surface area contributed by atoms with E-state index in [1.165, 1.54) is 4.31 Å². The number of aromatic nitrogens is 3. The van der Waals surface area contributed by atoms with Crippen molar-refractivity contribution in [3.8, 4) is 17.0 Å². The van der Waals surface area contributed by atoms with Crippen LogP contribution in [0.5, 0.6) is 5.75 Å². The summed E-state index contributed by atoms with van der Waals surface area (Å²) in [6.07, 6.45) is 5.36. The molecule has 184 valence electrons. The van der Waals surface area contributed by atoms with E-state index < -0.39 is 11.3 Å². The van der Waals surface area contributed by atoms with Gasteiger partial charge in [-0.3, -0.25) is 8.61 Å². The minimum atomic E-state index is -2.43. The van der Waals surface area contributed by atoms with Crippen LogP contribution in [-0.2, 0) is 16.0 Å². The van der Waals surface area contributed by atoms with Crippen LogP contribution in [0.1, 0.15) is 5.56 Å². The third-order valence-electron chi connectivity index (χ3n) is 5.42. The Morgan fingerprint density at radius 3 is 2.66 bits per heavy atom. The second-order valence-corrected chi connectivity index (χ2v) is 8.56. The Hall–Kier alpha value is -3.51. The predicted octanol–water partition coefficient (Wildman–Crippen LogP) is 3.03. The quantitative estimate of drug-likeness (QED) is 0.240. The molecule has 3 N–H and O–H groups in total. The summed E-state index contributed by atoms with van der Waals surface area (Å²) in [4.78, 5) is 9.03. The Morgan fingerprint density at radius 1 is 1.17 bits per heavy atom. The summed E-state index contributed by atoms with van der Waals surface area (Å²) in [5.41, 5.74) is 10.1. The minimum Gasteiger partial charge on any atom is -0.755 e. The molecule has 4 rings (SSSR count). The van der Waals surface area contributed by atoms with Gasteiger partial charge in [-0.25, -0.2) is 9.97 Å². The molecule has 2 aromatic carbocycles. The topological polar surface area (TPSA) is 130 Å². The van der Waals surface area contributed by atoms with Gasteiger partial charge in [0.2, 0.25) is 0 Å². The van der Waals surface area contributed by atoms with Gasteiger partial charge in [0.05, 0.1) is 44.4 Å². The lowest BCUT2D eigenvalue weighted by molar-refractivity contribution is 0.149. The minimum absolute atomic E-state index is 0.201. The summed E-state index contributed by atoms with van der Waals surface area (Å²) >= 11 is -2.43. The highest BCUT2D eigenvalue weighted by atomic mass is 32.2. The lowest BCUT2D eigenvalue weighted by atomic mass is 10.1. The molecule has 0 amide bonds. The molecule has 2 aromatic heterocycles. The first kappa shape index (κ1) is 24.6. The fourth-order valence-corrected chi connectivity index (χ4v) is 4.33. The smallest absolute Gasteiger partial charge is 0.180 e. The number of benzene rings is 2. The number of hydrogen-bond acceptors (Lipinski definition) is 8. The van der Waals surface area contributed by atoms with Crippen molar-refractivity contribution in [1.82, 2.24) is 14.4 Å². The average Bonchev–Trinajstić information content (AvgIpc) is 3.30. The van der Waals surface area contributed by atoms with Crippen LogP contribution in [0.15, 0.2) is 61.1 Å². The van der Waals surface area contributed by atoms with E-state index >= 15 is 0 Å². The molecule has 0 radical (unpaired) electrons. The number of fused-ring (bicyclic) bond motifs is 1. The maximum Gasteiger partial charge on any atom is 0.180 e. The Balaban J connectivity index is 1.56. The summed E-state index contributed by atoms with van der Waals surface area (Å²) in [5, 5.41) is 3.30. The second kappa shape index (κ2) is 11.3. The van der Waals surface area contributed by atoms with Crippen LogP contribution in [-0.4, -0.2) is 56.5 Å². The molecule has 2 heterocycles. The van der Waals surface area contributed by atoms with Gasteiger partial charge in [0.15, 0.2) is 11.5 Å². The van der Waals surface area contributed by atoms with Crippen molar-refractivity contribution in [3.05, 3.63) is 66.6 Å². The summed E-state index contributed by atoms with van der Waals surface area (Å²) < 4.78 is 37.4. The molecule has 0 aliphatic rings. The van der Waals surface area contributed by atoms with Crippen molar-refractivity contribution in [2.45, 2.75) is 6.92 Å². The standard InChI is InChI=1S/C24H28N6O4S/c1-17-15-19(5-8-21(17)30(35(31)32)12-14-34-13-9-25)28-23-24-27-16-22(29(24)11-10-26-23)18-3-6-20(33-2)7-4-18/h3-8,10-11,15-16H,9,12-14,25H2,1-2H3,(H,26,28)(H,31,32)/p-1. The number of hydrogen-bond donors (Lipinski definition) is 2. The molecule has 0 saturated heterocycles. The van der Waals surface area contributed by atoms with Crippen molar-refractivity contribution in [2.75, 3.05) is 43.0 Å². The third-order valence-corrected chi connectivity index (χ3v) is 6.16. The van der Waals surface area contributed by atoms with Gasteiger partial charge >= 0.3 is 0 Å². The number of nitrogens with zero attached hydrogens (tertiary/aromatic N) is 4. The van der Waals surface area contributed by atoms with Crippen LogP contribution in [0.2, 0.25) is 0 Å². The van der Waals surface area contributed by atoms with Crippen LogP contribution in [0.25, 0.3) is 16.9 Å². The molecule has 0 spiro atoms. The van der Waals surface area contributed by atoms with E-state index in [0.717, 1.165) is 28.3 Å². The molecule has 11 heteroatoms. The van der Waals surface area contributed by atoms with Crippen LogP contribution < -0.4 is 20.1 Å². The van der Waals surface area contributed by atoms with Crippen LogP contribution in [0, 0.1) is 6.92 Å². The van der Waals surface area contributed by atoms with E-state index in [1.54, 1.807) is 31.6 Å². The molecule has 0 bridgehead atoms. The van der Waals surface area contributed by atoms with Gasteiger partial charge in [-0.2, -0.15) is 0 Å².